The molecular formula is C10H19N. The third kappa shape index (κ3) is 1.31. The first kappa shape index (κ1) is 7.60. The molecular weight excluding hydrogens is 134 g/mol. The maximum atomic E-state index is 3.30. The second-order valence-corrected chi connectivity index (χ2v) is 4.25. The summed E-state index contributed by atoms with van der Waals surface area (Å²) in [6.45, 7) is 1.27. The number of rotatable bonds is 3. The van der Waals surface area contributed by atoms with Crippen LogP contribution in [0.25, 0.3) is 0 Å². The minimum absolute atomic E-state index is 1.03. The van der Waals surface area contributed by atoms with Gasteiger partial charge in [-0.2, -0.15) is 0 Å². The van der Waals surface area contributed by atoms with E-state index in [9.17, 15) is 0 Å². The predicted molar refractivity (Wildman–Crippen MR) is 47.5 cm³/mol. The quantitative estimate of drug-likeness (QED) is 0.654. The molecule has 0 aromatic rings. The van der Waals surface area contributed by atoms with Crippen molar-refractivity contribution in [2.75, 3.05) is 13.6 Å². The van der Waals surface area contributed by atoms with Crippen LogP contribution in [0.2, 0.25) is 0 Å². The summed E-state index contributed by atoms with van der Waals surface area (Å²) in [7, 11) is 2.08. The molecule has 0 aromatic heterocycles. The fourth-order valence-electron chi connectivity index (χ4n) is 2.60. The molecule has 2 unspecified atom stereocenters. The van der Waals surface area contributed by atoms with Gasteiger partial charge in [0.2, 0.25) is 0 Å². The normalized spacial score (nSPS) is 37.9. The summed E-state index contributed by atoms with van der Waals surface area (Å²) in [5, 5.41) is 3.30. The van der Waals surface area contributed by atoms with E-state index in [-0.39, 0.29) is 0 Å². The van der Waals surface area contributed by atoms with Crippen molar-refractivity contribution < 1.29 is 0 Å². The highest BCUT2D eigenvalue weighted by Gasteiger charge is 2.38. The van der Waals surface area contributed by atoms with Gasteiger partial charge in [0.25, 0.3) is 0 Å². The Kier molecular flexibility index (Phi) is 2.17. The molecule has 64 valence electrons. The van der Waals surface area contributed by atoms with E-state index in [1.54, 1.807) is 0 Å². The van der Waals surface area contributed by atoms with Crippen molar-refractivity contribution >= 4 is 0 Å². The van der Waals surface area contributed by atoms with Crippen LogP contribution in [0.4, 0.5) is 0 Å². The maximum absolute atomic E-state index is 3.30. The topological polar surface area (TPSA) is 12.0 Å². The van der Waals surface area contributed by atoms with E-state index in [0.29, 0.717) is 0 Å². The maximum Gasteiger partial charge on any atom is -0.00208 e. The van der Waals surface area contributed by atoms with Gasteiger partial charge in [0.1, 0.15) is 0 Å². The van der Waals surface area contributed by atoms with E-state index < -0.39 is 0 Å². The lowest BCUT2D eigenvalue weighted by Crippen LogP contribution is -2.40. The summed E-state index contributed by atoms with van der Waals surface area (Å²) < 4.78 is 0. The molecule has 2 saturated carbocycles. The van der Waals surface area contributed by atoms with Gasteiger partial charge in [-0.15, -0.1) is 0 Å². The molecule has 0 aromatic carbocycles. The molecule has 0 amide bonds. The summed E-state index contributed by atoms with van der Waals surface area (Å²) in [5.74, 6) is 3.27. The van der Waals surface area contributed by atoms with Crippen LogP contribution in [-0.2, 0) is 0 Å². The Morgan fingerprint density at radius 3 is 2.36 bits per heavy atom. The van der Waals surface area contributed by atoms with Gasteiger partial charge in [0, 0.05) is 0 Å². The van der Waals surface area contributed by atoms with Gasteiger partial charge in [-0.1, -0.05) is 19.3 Å². The molecule has 2 rings (SSSR count). The van der Waals surface area contributed by atoms with E-state index in [0.717, 1.165) is 17.8 Å². The molecule has 0 bridgehead atoms. The van der Waals surface area contributed by atoms with Gasteiger partial charge in [-0.25, -0.2) is 0 Å². The number of hydrogen-bond donors (Lipinski definition) is 1. The lowest BCUT2D eigenvalue weighted by molar-refractivity contribution is 0.0571. The zero-order valence-corrected chi connectivity index (χ0v) is 7.47. The third-order valence-electron chi connectivity index (χ3n) is 3.70. The van der Waals surface area contributed by atoms with Crippen molar-refractivity contribution in [1.29, 1.82) is 0 Å². The lowest BCUT2D eigenvalue weighted by atomic mass is 9.61. The Bertz CT molecular complexity index is 129. The van der Waals surface area contributed by atoms with Crippen LogP contribution in [-0.4, -0.2) is 13.6 Å². The Hall–Kier alpha value is -0.0400. The molecule has 2 fully saturated rings. The van der Waals surface area contributed by atoms with E-state index in [4.69, 9.17) is 0 Å². The minimum Gasteiger partial charge on any atom is -0.319 e. The van der Waals surface area contributed by atoms with Crippen LogP contribution in [0.15, 0.2) is 0 Å². The minimum atomic E-state index is 1.03. The first-order valence-electron chi connectivity index (χ1n) is 5.06. The van der Waals surface area contributed by atoms with E-state index in [1.807, 2.05) is 0 Å². The summed E-state index contributed by atoms with van der Waals surface area (Å²) in [6.07, 6.45) is 7.59. The van der Waals surface area contributed by atoms with Crippen LogP contribution in [0.5, 0.6) is 0 Å². The summed E-state index contributed by atoms with van der Waals surface area (Å²) >= 11 is 0. The zero-order valence-electron chi connectivity index (χ0n) is 7.47. The fourth-order valence-corrected chi connectivity index (χ4v) is 2.60. The Balaban J connectivity index is 1.76. The zero-order chi connectivity index (χ0) is 7.68. The molecule has 1 heteroatoms. The summed E-state index contributed by atoms with van der Waals surface area (Å²) in [4.78, 5) is 0. The Morgan fingerprint density at radius 2 is 2.00 bits per heavy atom. The monoisotopic (exact) mass is 153 g/mol. The number of nitrogens with one attached hydrogen (secondary N) is 1. The van der Waals surface area contributed by atoms with Crippen molar-refractivity contribution in [3.8, 4) is 0 Å². The highest BCUT2D eigenvalue weighted by Crippen LogP contribution is 2.47. The molecule has 1 N–H and O–H groups in total. The predicted octanol–water partition coefficient (Wildman–Crippen LogP) is 2.03. The molecule has 11 heavy (non-hydrogen) atoms. The van der Waals surface area contributed by atoms with Crippen LogP contribution < -0.4 is 5.32 Å². The fraction of sp³-hybridized carbons (Fsp3) is 1.00. The molecule has 1 nitrogen and oxygen atoms in total. The van der Waals surface area contributed by atoms with Gasteiger partial charge >= 0.3 is 0 Å². The molecule has 0 aliphatic heterocycles. The largest absolute Gasteiger partial charge is 0.319 e. The van der Waals surface area contributed by atoms with Crippen LogP contribution in [0, 0.1) is 17.8 Å². The number of hydrogen-bond acceptors (Lipinski definition) is 1. The van der Waals surface area contributed by atoms with Crippen molar-refractivity contribution in [2.45, 2.75) is 32.1 Å². The SMILES string of the molecule is CNCC1CCC1C1CCC1. The molecule has 2 atom stereocenters. The molecule has 0 radical (unpaired) electrons. The highest BCUT2D eigenvalue weighted by molar-refractivity contribution is 4.89. The van der Waals surface area contributed by atoms with Crippen LogP contribution in [0.3, 0.4) is 0 Å². The molecule has 0 spiro atoms. The van der Waals surface area contributed by atoms with Gasteiger partial charge in [0.15, 0.2) is 0 Å². The second kappa shape index (κ2) is 3.14. The molecule has 2 aliphatic rings. The average molecular weight is 153 g/mol. The van der Waals surface area contributed by atoms with Gasteiger partial charge in [-0.05, 0) is 44.2 Å². The van der Waals surface area contributed by atoms with Crippen molar-refractivity contribution in [3.63, 3.8) is 0 Å². The van der Waals surface area contributed by atoms with Gasteiger partial charge < -0.3 is 5.32 Å². The average Bonchev–Trinajstić information content (AvgIpc) is 1.89. The van der Waals surface area contributed by atoms with E-state index in [1.165, 1.54) is 38.6 Å². The third-order valence-corrected chi connectivity index (χ3v) is 3.70. The molecule has 0 heterocycles. The Labute approximate surface area is 69.6 Å². The first-order chi connectivity index (χ1) is 5.42. The van der Waals surface area contributed by atoms with Crippen LogP contribution >= 0.6 is 0 Å². The molecule has 0 saturated heterocycles. The Morgan fingerprint density at radius 1 is 1.18 bits per heavy atom. The smallest absolute Gasteiger partial charge is 0.00208 e. The van der Waals surface area contributed by atoms with E-state index >= 15 is 0 Å². The van der Waals surface area contributed by atoms with E-state index in [2.05, 4.69) is 12.4 Å². The standard InChI is InChI=1S/C10H19N/c1-11-7-9-5-6-10(9)8-3-2-4-8/h8-11H,2-7H2,1H3. The lowest BCUT2D eigenvalue weighted by Gasteiger charge is -2.45. The van der Waals surface area contributed by atoms with Crippen LogP contribution in [0.1, 0.15) is 32.1 Å². The van der Waals surface area contributed by atoms with Crippen molar-refractivity contribution in [2.24, 2.45) is 17.8 Å². The summed E-state index contributed by atoms with van der Waals surface area (Å²) in [6, 6.07) is 0. The first-order valence-corrected chi connectivity index (χ1v) is 5.06. The van der Waals surface area contributed by atoms with Gasteiger partial charge in [-0.3, -0.25) is 0 Å². The van der Waals surface area contributed by atoms with Crippen molar-refractivity contribution in [1.82, 2.24) is 5.32 Å². The molecule has 2 aliphatic carbocycles. The van der Waals surface area contributed by atoms with Crippen molar-refractivity contribution in [3.05, 3.63) is 0 Å². The van der Waals surface area contributed by atoms with Gasteiger partial charge in [0.05, 0.1) is 0 Å². The summed E-state index contributed by atoms with van der Waals surface area (Å²) in [5.41, 5.74) is 0. The highest BCUT2D eigenvalue weighted by atomic mass is 14.8. The second-order valence-electron chi connectivity index (χ2n) is 4.25.